The summed E-state index contributed by atoms with van der Waals surface area (Å²) in [6.07, 6.45) is 1.41. The van der Waals surface area contributed by atoms with Gasteiger partial charge in [0, 0.05) is 53.2 Å². The third-order valence-electron chi connectivity index (χ3n) is 3.16. The Labute approximate surface area is 144 Å². The molecule has 0 bridgehead atoms. The lowest BCUT2D eigenvalue weighted by molar-refractivity contribution is -0.128. The first-order valence-corrected chi connectivity index (χ1v) is 7.13. The van der Waals surface area contributed by atoms with Crippen LogP contribution in [-0.2, 0) is 9.53 Å². The summed E-state index contributed by atoms with van der Waals surface area (Å²) in [6.45, 7) is 5.92. The van der Waals surface area contributed by atoms with Crippen LogP contribution in [0.5, 0.6) is 0 Å². The Hall–Kier alpha value is -0.610. The van der Waals surface area contributed by atoms with Crippen LogP contribution in [0.2, 0.25) is 0 Å². The van der Waals surface area contributed by atoms with Crippen LogP contribution in [0.25, 0.3) is 0 Å². The van der Waals surface area contributed by atoms with Gasteiger partial charge in [-0.3, -0.25) is 14.7 Å². The van der Waals surface area contributed by atoms with Crippen molar-refractivity contribution in [1.82, 2.24) is 15.1 Å². The lowest BCUT2D eigenvalue weighted by Crippen LogP contribution is -2.37. The van der Waals surface area contributed by atoms with Crippen molar-refractivity contribution in [2.24, 2.45) is 10.7 Å². The second-order valence-electron chi connectivity index (χ2n) is 5.04. The quantitative estimate of drug-likeness (QED) is 0.260. The topological polar surface area (TPSA) is 83.2 Å². The zero-order valence-corrected chi connectivity index (χ0v) is 15.3. The summed E-state index contributed by atoms with van der Waals surface area (Å²) in [4.78, 5) is 19.5. The molecular formula is C13H28IN5O2. The minimum Gasteiger partial charge on any atom is -0.379 e. The molecule has 0 spiro atoms. The van der Waals surface area contributed by atoms with E-state index in [2.05, 4.69) is 15.2 Å². The molecule has 0 aliphatic carbocycles. The van der Waals surface area contributed by atoms with Gasteiger partial charge in [0.1, 0.15) is 0 Å². The van der Waals surface area contributed by atoms with E-state index in [0.717, 1.165) is 39.3 Å². The van der Waals surface area contributed by atoms with Crippen molar-refractivity contribution in [2.45, 2.75) is 12.8 Å². The van der Waals surface area contributed by atoms with Gasteiger partial charge >= 0.3 is 0 Å². The van der Waals surface area contributed by atoms with E-state index in [-0.39, 0.29) is 29.9 Å². The first-order chi connectivity index (χ1) is 9.59. The first-order valence-electron chi connectivity index (χ1n) is 7.13. The van der Waals surface area contributed by atoms with Gasteiger partial charge in [0.15, 0.2) is 5.96 Å². The van der Waals surface area contributed by atoms with Gasteiger partial charge in [-0.25, -0.2) is 0 Å². The van der Waals surface area contributed by atoms with Gasteiger partial charge in [-0.2, -0.15) is 0 Å². The number of guanidine groups is 1. The molecule has 0 aromatic rings. The maximum atomic E-state index is 11.3. The van der Waals surface area contributed by atoms with Gasteiger partial charge in [-0.05, 0) is 6.42 Å². The number of hydrogen-bond acceptors (Lipinski definition) is 4. The van der Waals surface area contributed by atoms with Crippen molar-refractivity contribution in [2.75, 3.05) is 60.0 Å². The summed E-state index contributed by atoms with van der Waals surface area (Å²) < 4.78 is 5.29. The Morgan fingerprint density at radius 3 is 2.67 bits per heavy atom. The Bertz CT molecular complexity index is 320. The summed E-state index contributed by atoms with van der Waals surface area (Å²) in [5.41, 5.74) is 5.74. The highest BCUT2D eigenvalue weighted by Gasteiger charge is 2.08. The average molecular weight is 413 g/mol. The van der Waals surface area contributed by atoms with Crippen molar-refractivity contribution in [3.05, 3.63) is 0 Å². The fourth-order valence-corrected chi connectivity index (χ4v) is 1.90. The SMILES string of the molecule is CN(C)C(=O)CCNC(N)=NCCCN1CCOCC1.I. The second-order valence-corrected chi connectivity index (χ2v) is 5.04. The monoisotopic (exact) mass is 413 g/mol. The molecule has 8 heteroatoms. The van der Waals surface area contributed by atoms with Crippen molar-refractivity contribution in [1.29, 1.82) is 0 Å². The number of halogens is 1. The molecule has 124 valence electrons. The first kappa shape index (κ1) is 20.4. The number of nitrogens with zero attached hydrogens (tertiary/aromatic N) is 3. The zero-order valence-electron chi connectivity index (χ0n) is 13.0. The number of nitrogens with two attached hydrogens (primary N) is 1. The van der Waals surface area contributed by atoms with Crippen molar-refractivity contribution in [3.8, 4) is 0 Å². The van der Waals surface area contributed by atoms with E-state index >= 15 is 0 Å². The number of carbonyl (C=O) groups is 1. The Morgan fingerprint density at radius 1 is 1.38 bits per heavy atom. The second kappa shape index (κ2) is 12.0. The molecule has 7 nitrogen and oxygen atoms in total. The van der Waals surface area contributed by atoms with E-state index in [1.807, 2.05) is 0 Å². The highest BCUT2D eigenvalue weighted by atomic mass is 127. The molecule has 3 N–H and O–H groups in total. The van der Waals surface area contributed by atoms with E-state index in [1.165, 1.54) is 0 Å². The van der Waals surface area contributed by atoms with E-state index in [9.17, 15) is 4.79 Å². The molecule has 0 radical (unpaired) electrons. The smallest absolute Gasteiger partial charge is 0.223 e. The summed E-state index contributed by atoms with van der Waals surface area (Å²) >= 11 is 0. The largest absolute Gasteiger partial charge is 0.379 e. The molecule has 0 atom stereocenters. The van der Waals surface area contributed by atoms with Crippen LogP contribution in [0.15, 0.2) is 4.99 Å². The molecule has 1 rings (SSSR count). The number of aliphatic imine (C=N–C) groups is 1. The molecule has 1 aliphatic heterocycles. The maximum Gasteiger partial charge on any atom is 0.223 e. The summed E-state index contributed by atoms with van der Waals surface area (Å²) in [5, 5.41) is 2.95. The van der Waals surface area contributed by atoms with Crippen LogP contribution >= 0.6 is 24.0 Å². The van der Waals surface area contributed by atoms with Crippen LogP contribution in [0.3, 0.4) is 0 Å². The molecule has 1 aliphatic rings. The fourth-order valence-electron chi connectivity index (χ4n) is 1.90. The van der Waals surface area contributed by atoms with Crippen LogP contribution < -0.4 is 11.1 Å². The predicted molar refractivity (Wildman–Crippen MR) is 95.1 cm³/mol. The predicted octanol–water partition coefficient (Wildman–Crippen LogP) is -0.291. The summed E-state index contributed by atoms with van der Waals surface area (Å²) in [6, 6.07) is 0. The molecule has 0 aromatic heterocycles. The van der Waals surface area contributed by atoms with Crippen LogP contribution in [0.4, 0.5) is 0 Å². The Balaban J connectivity index is 0.00000400. The van der Waals surface area contributed by atoms with Crippen LogP contribution in [-0.4, -0.2) is 81.7 Å². The van der Waals surface area contributed by atoms with Gasteiger partial charge in [0.05, 0.1) is 13.2 Å². The Morgan fingerprint density at radius 2 is 2.05 bits per heavy atom. The number of rotatable bonds is 7. The number of ether oxygens (including phenoxy) is 1. The zero-order chi connectivity index (χ0) is 14.8. The standard InChI is InChI=1S/C13H27N5O2.HI/c1-17(2)12(19)4-6-16-13(14)15-5-3-7-18-8-10-20-11-9-18;/h3-11H2,1-2H3,(H3,14,15,16);1H. The van der Waals surface area contributed by atoms with Crippen molar-refractivity contribution in [3.63, 3.8) is 0 Å². The maximum absolute atomic E-state index is 11.3. The van der Waals surface area contributed by atoms with E-state index < -0.39 is 0 Å². The number of amides is 1. The van der Waals surface area contributed by atoms with Gasteiger partial charge in [-0.1, -0.05) is 0 Å². The molecule has 21 heavy (non-hydrogen) atoms. The number of carbonyl (C=O) groups excluding carboxylic acids is 1. The van der Waals surface area contributed by atoms with Crippen LogP contribution in [0, 0.1) is 0 Å². The normalized spacial score (nSPS) is 16.2. The minimum atomic E-state index is 0. The van der Waals surface area contributed by atoms with E-state index in [0.29, 0.717) is 25.5 Å². The highest BCUT2D eigenvalue weighted by molar-refractivity contribution is 14.0. The van der Waals surface area contributed by atoms with Gasteiger partial charge < -0.3 is 20.7 Å². The Kier molecular flexibility index (Phi) is 11.6. The molecule has 1 fully saturated rings. The average Bonchev–Trinajstić information content (AvgIpc) is 2.44. The highest BCUT2D eigenvalue weighted by Crippen LogP contribution is 1.97. The summed E-state index contributed by atoms with van der Waals surface area (Å²) in [5.74, 6) is 0.496. The molecule has 1 amide bonds. The molecule has 1 heterocycles. The number of nitrogens with one attached hydrogen (secondary N) is 1. The third kappa shape index (κ3) is 9.86. The molecule has 0 aromatic carbocycles. The van der Waals surface area contributed by atoms with E-state index in [4.69, 9.17) is 10.5 Å². The molecule has 0 saturated carbocycles. The number of hydrogen-bond donors (Lipinski definition) is 2. The van der Waals surface area contributed by atoms with Gasteiger partial charge in [0.2, 0.25) is 5.91 Å². The van der Waals surface area contributed by atoms with Gasteiger partial charge in [-0.15, -0.1) is 24.0 Å². The lowest BCUT2D eigenvalue weighted by Gasteiger charge is -2.26. The van der Waals surface area contributed by atoms with Crippen LogP contribution in [0.1, 0.15) is 12.8 Å². The molecule has 0 unspecified atom stereocenters. The van der Waals surface area contributed by atoms with Crippen molar-refractivity contribution < 1.29 is 9.53 Å². The van der Waals surface area contributed by atoms with E-state index in [1.54, 1.807) is 19.0 Å². The van der Waals surface area contributed by atoms with Gasteiger partial charge in [0.25, 0.3) is 0 Å². The molecule has 1 saturated heterocycles. The number of morpholine rings is 1. The minimum absolute atomic E-state index is 0. The fraction of sp³-hybridized carbons (Fsp3) is 0.846. The van der Waals surface area contributed by atoms with Crippen molar-refractivity contribution >= 4 is 35.8 Å². The summed E-state index contributed by atoms with van der Waals surface area (Å²) in [7, 11) is 3.48. The third-order valence-corrected chi connectivity index (χ3v) is 3.16. The lowest BCUT2D eigenvalue weighted by atomic mass is 10.3. The molecular weight excluding hydrogens is 385 g/mol.